The molecule has 1 unspecified atom stereocenters. The highest BCUT2D eigenvalue weighted by Crippen LogP contribution is 2.37. The van der Waals surface area contributed by atoms with Gasteiger partial charge in [0.2, 0.25) is 10.0 Å². The molecule has 3 aromatic carbocycles. The van der Waals surface area contributed by atoms with E-state index in [1.807, 2.05) is 0 Å². The number of nitrogens with one attached hydrogen (secondary N) is 3. The number of phenols is 1. The van der Waals surface area contributed by atoms with Crippen molar-refractivity contribution in [2.24, 2.45) is 0 Å². The predicted octanol–water partition coefficient (Wildman–Crippen LogP) is 3.16. The van der Waals surface area contributed by atoms with E-state index in [0.29, 0.717) is 5.39 Å². The molecule has 0 bridgehead atoms. The van der Waals surface area contributed by atoms with Crippen LogP contribution in [-0.4, -0.2) is 41.5 Å². The second kappa shape index (κ2) is 9.49. The normalized spacial score (nSPS) is 18.1. The lowest BCUT2D eigenvalue weighted by Gasteiger charge is -2.31. The van der Waals surface area contributed by atoms with Crippen LogP contribution in [0, 0.1) is 6.92 Å². The van der Waals surface area contributed by atoms with E-state index in [9.17, 15) is 30.4 Å². The van der Waals surface area contributed by atoms with Gasteiger partial charge in [0.1, 0.15) is 5.75 Å². The fourth-order valence-corrected chi connectivity index (χ4v) is 7.88. The predicted molar refractivity (Wildman–Crippen MR) is 144 cm³/mol. The van der Waals surface area contributed by atoms with Crippen molar-refractivity contribution < 1.29 is 30.4 Å². The Morgan fingerprint density at radius 3 is 2.16 bits per heavy atom. The van der Waals surface area contributed by atoms with Gasteiger partial charge in [-0.2, -0.15) is 4.72 Å². The second-order valence-corrected chi connectivity index (χ2v) is 14.0. The van der Waals surface area contributed by atoms with Gasteiger partial charge in [-0.15, -0.1) is 0 Å². The van der Waals surface area contributed by atoms with Crippen LogP contribution in [0.2, 0.25) is 0 Å². The molecule has 1 aliphatic rings. The highest BCUT2D eigenvalue weighted by Gasteiger charge is 2.44. The minimum absolute atomic E-state index is 0.0559. The first-order valence-corrected chi connectivity index (χ1v) is 15.8. The maximum atomic E-state index is 13.6. The average Bonchev–Trinajstić information content (AvgIpc) is 2.80. The third kappa shape index (κ3) is 5.64. The Balaban J connectivity index is 1.86. The number of sulfonamides is 3. The first-order chi connectivity index (χ1) is 17.2. The zero-order chi connectivity index (χ0) is 27.1. The Labute approximate surface area is 215 Å². The third-order valence-corrected chi connectivity index (χ3v) is 9.77. The summed E-state index contributed by atoms with van der Waals surface area (Å²) in [6, 6.07) is 13.2. The summed E-state index contributed by atoms with van der Waals surface area (Å²) in [6.45, 7) is 1.81. The Morgan fingerprint density at radius 2 is 1.54 bits per heavy atom. The maximum absolute atomic E-state index is 13.6. The van der Waals surface area contributed by atoms with Crippen molar-refractivity contribution in [3.63, 3.8) is 0 Å². The molecule has 0 saturated carbocycles. The van der Waals surface area contributed by atoms with Crippen molar-refractivity contribution in [2.75, 3.05) is 15.7 Å². The van der Waals surface area contributed by atoms with Gasteiger partial charge >= 0.3 is 0 Å². The Morgan fingerprint density at radius 1 is 0.865 bits per heavy atom. The second-order valence-electron chi connectivity index (χ2n) is 8.67. The van der Waals surface area contributed by atoms with Crippen LogP contribution in [0.3, 0.4) is 0 Å². The summed E-state index contributed by atoms with van der Waals surface area (Å²) in [5.41, 5.74) is 0.551. The number of rotatable bonds is 8. The van der Waals surface area contributed by atoms with Crippen LogP contribution in [-0.2, 0) is 30.1 Å². The van der Waals surface area contributed by atoms with Gasteiger partial charge in [0.15, 0.2) is 4.87 Å². The van der Waals surface area contributed by atoms with Crippen LogP contribution in [0.25, 0.3) is 10.8 Å². The molecular formula is C24H25N3O7S3. The van der Waals surface area contributed by atoms with Crippen molar-refractivity contribution in [1.82, 2.24) is 4.72 Å². The van der Waals surface area contributed by atoms with Gasteiger partial charge in [-0.3, -0.25) is 9.44 Å². The molecule has 0 heterocycles. The van der Waals surface area contributed by atoms with E-state index in [4.69, 9.17) is 0 Å². The highest BCUT2D eigenvalue weighted by atomic mass is 32.2. The van der Waals surface area contributed by atoms with Crippen LogP contribution >= 0.6 is 0 Å². The molecule has 0 spiro atoms. The molecule has 0 radical (unpaired) electrons. The molecule has 0 aliphatic heterocycles. The van der Waals surface area contributed by atoms with E-state index >= 15 is 0 Å². The highest BCUT2D eigenvalue weighted by molar-refractivity contribution is 7.96. The van der Waals surface area contributed by atoms with Crippen molar-refractivity contribution in [1.29, 1.82) is 0 Å². The number of aromatic hydroxyl groups is 1. The standard InChI is InChI=1S/C24H25N3O7S3/c1-17-6-11-20(12-7-17)36(31,32)26-23-21-16-19(28)10-8-18(21)9-13-22(23)25-37(33,34)24(27-35(2,29)30)14-4-3-5-15-24/h3-14,16,25-28H,15H2,1-2H3. The molecule has 10 nitrogen and oxygen atoms in total. The summed E-state index contributed by atoms with van der Waals surface area (Å²) in [5.74, 6) is -0.168. The minimum Gasteiger partial charge on any atom is -0.508 e. The molecule has 0 amide bonds. The number of hydrogen-bond acceptors (Lipinski definition) is 7. The quantitative estimate of drug-likeness (QED) is 0.328. The molecule has 3 aromatic rings. The average molecular weight is 564 g/mol. The number of benzene rings is 3. The SMILES string of the molecule is Cc1ccc(S(=O)(=O)Nc2c(NS(=O)(=O)C3(NS(C)(=O)=O)C=CC=CC3)ccc3ccc(O)cc23)cc1. The maximum Gasteiger partial charge on any atom is 0.261 e. The number of allylic oxidation sites excluding steroid dienone is 2. The molecule has 1 atom stereocenters. The smallest absolute Gasteiger partial charge is 0.261 e. The summed E-state index contributed by atoms with van der Waals surface area (Å²) in [5, 5.41) is 10.8. The number of anilines is 2. The topological polar surface area (TPSA) is 159 Å². The minimum atomic E-state index is -4.53. The molecule has 196 valence electrons. The number of aryl methyl sites for hydroxylation is 1. The summed E-state index contributed by atoms with van der Waals surface area (Å²) >= 11 is 0. The molecule has 1 aliphatic carbocycles. The fourth-order valence-electron chi connectivity index (χ4n) is 3.89. The van der Waals surface area contributed by atoms with Gasteiger partial charge in [0, 0.05) is 11.8 Å². The lowest BCUT2D eigenvalue weighted by atomic mass is 10.1. The molecule has 13 heteroatoms. The van der Waals surface area contributed by atoms with Gasteiger partial charge in [0.05, 0.1) is 22.5 Å². The Kier molecular flexibility index (Phi) is 6.84. The first kappa shape index (κ1) is 26.7. The number of phenolic OH excluding ortho intramolecular Hbond substituents is 1. The first-order valence-electron chi connectivity index (χ1n) is 10.9. The molecule has 4 rings (SSSR count). The van der Waals surface area contributed by atoms with Gasteiger partial charge < -0.3 is 5.11 Å². The van der Waals surface area contributed by atoms with Crippen LogP contribution < -0.4 is 14.2 Å². The van der Waals surface area contributed by atoms with E-state index in [2.05, 4.69) is 14.2 Å². The van der Waals surface area contributed by atoms with E-state index in [1.165, 1.54) is 48.6 Å². The summed E-state index contributed by atoms with van der Waals surface area (Å²) in [4.78, 5) is -2.12. The zero-order valence-electron chi connectivity index (χ0n) is 19.8. The van der Waals surface area contributed by atoms with Crippen molar-refractivity contribution >= 4 is 52.2 Å². The Hall–Kier alpha value is -3.39. The van der Waals surface area contributed by atoms with E-state index < -0.39 is 34.9 Å². The lowest BCUT2D eigenvalue weighted by Crippen LogP contribution is -2.54. The van der Waals surface area contributed by atoms with Gasteiger partial charge in [-0.25, -0.2) is 25.3 Å². The van der Waals surface area contributed by atoms with Crippen LogP contribution in [0.5, 0.6) is 5.75 Å². The van der Waals surface area contributed by atoms with Crippen LogP contribution in [0.15, 0.2) is 83.8 Å². The van der Waals surface area contributed by atoms with Crippen LogP contribution in [0.1, 0.15) is 12.0 Å². The Bertz CT molecular complexity index is 1750. The van der Waals surface area contributed by atoms with Crippen molar-refractivity contribution in [3.05, 3.63) is 84.5 Å². The van der Waals surface area contributed by atoms with E-state index in [0.717, 1.165) is 11.8 Å². The third-order valence-electron chi connectivity index (χ3n) is 5.69. The van der Waals surface area contributed by atoms with Gasteiger partial charge in [0.25, 0.3) is 20.0 Å². The molecule has 37 heavy (non-hydrogen) atoms. The molecular weight excluding hydrogens is 538 g/mol. The number of hydrogen-bond donors (Lipinski definition) is 4. The van der Waals surface area contributed by atoms with Crippen molar-refractivity contribution in [2.45, 2.75) is 23.1 Å². The van der Waals surface area contributed by atoms with Gasteiger partial charge in [-0.05, 0) is 48.7 Å². The molecule has 0 fully saturated rings. The van der Waals surface area contributed by atoms with E-state index in [-0.39, 0.29) is 33.8 Å². The number of fused-ring (bicyclic) bond motifs is 1. The summed E-state index contributed by atoms with van der Waals surface area (Å²) in [6.07, 6.45) is 6.33. The summed E-state index contributed by atoms with van der Waals surface area (Å²) < 4.78 is 84.9. The molecule has 4 N–H and O–H groups in total. The van der Waals surface area contributed by atoms with Crippen molar-refractivity contribution in [3.8, 4) is 5.75 Å². The lowest BCUT2D eigenvalue weighted by molar-refractivity contribution is 0.476. The van der Waals surface area contributed by atoms with E-state index in [1.54, 1.807) is 37.3 Å². The molecule has 0 saturated heterocycles. The van der Waals surface area contributed by atoms with Crippen LogP contribution in [0.4, 0.5) is 11.4 Å². The van der Waals surface area contributed by atoms with Gasteiger partial charge in [-0.1, -0.05) is 48.1 Å². The summed E-state index contributed by atoms with van der Waals surface area (Å²) in [7, 11) is -12.7. The fraction of sp³-hybridized carbons (Fsp3) is 0.167. The molecule has 0 aromatic heterocycles. The monoisotopic (exact) mass is 563 g/mol. The largest absolute Gasteiger partial charge is 0.508 e. The zero-order valence-corrected chi connectivity index (χ0v) is 22.3.